The highest BCUT2D eigenvalue weighted by Crippen LogP contribution is 2.35. The van der Waals surface area contributed by atoms with Crippen LogP contribution in [-0.4, -0.2) is 84.1 Å². The number of benzene rings is 2. The molecule has 4 rings (SSSR count). The molecule has 0 aliphatic carbocycles. The predicted octanol–water partition coefficient (Wildman–Crippen LogP) is 3.37. The van der Waals surface area contributed by atoms with E-state index in [1.54, 1.807) is 27.0 Å². The summed E-state index contributed by atoms with van der Waals surface area (Å²) in [6.45, 7) is 3.46. The average Bonchev–Trinajstić information content (AvgIpc) is 3.56. The zero-order valence-electron chi connectivity index (χ0n) is 25.6. The number of hydrogen-bond acceptors (Lipinski definition) is 9. The summed E-state index contributed by atoms with van der Waals surface area (Å²) >= 11 is 5.74. The van der Waals surface area contributed by atoms with Crippen molar-refractivity contribution in [1.29, 1.82) is 0 Å². The van der Waals surface area contributed by atoms with Crippen LogP contribution in [0.2, 0.25) is 5.02 Å². The minimum Gasteiger partial charge on any atom is -0.494 e. The number of nitrogens with one attached hydrogen (secondary N) is 4. The lowest BCUT2D eigenvalue weighted by molar-refractivity contribution is -0.143. The Balaban J connectivity index is 1.61. The SMILES string of the molecule is C#CCO[C@H](C)[C@H](NC(=O)[C@H](C)NC)C(=O)N1CCCC1C(=O)Nc1cc2c(Nc3ccc(F)c(Cl)c3F)ncnc2cc1OC. The highest BCUT2D eigenvalue weighted by atomic mass is 35.5. The number of carbonyl (C=O) groups is 3. The first-order valence-electron chi connectivity index (χ1n) is 14.4. The van der Waals surface area contributed by atoms with E-state index in [4.69, 9.17) is 27.5 Å². The van der Waals surface area contributed by atoms with Gasteiger partial charge in [0.05, 0.1) is 36.1 Å². The topological polar surface area (TPSA) is 147 Å². The smallest absolute Gasteiger partial charge is 0.248 e. The van der Waals surface area contributed by atoms with Crippen molar-refractivity contribution in [2.24, 2.45) is 0 Å². The van der Waals surface area contributed by atoms with Crippen molar-refractivity contribution < 1.29 is 32.6 Å². The highest BCUT2D eigenvalue weighted by Gasteiger charge is 2.40. The summed E-state index contributed by atoms with van der Waals surface area (Å²) in [6.07, 6.45) is 6.69. The van der Waals surface area contributed by atoms with Crippen molar-refractivity contribution in [3.05, 3.63) is 47.2 Å². The quantitative estimate of drug-likeness (QED) is 0.170. The van der Waals surface area contributed by atoms with Gasteiger partial charge >= 0.3 is 0 Å². The first kappa shape index (κ1) is 34.3. The zero-order chi connectivity index (χ0) is 33.5. The van der Waals surface area contributed by atoms with Crippen molar-refractivity contribution in [3.63, 3.8) is 0 Å². The van der Waals surface area contributed by atoms with Gasteiger partial charge in [0.2, 0.25) is 17.7 Å². The first-order valence-corrected chi connectivity index (χ1v) is 14.8. The Bertz CT molecular complexity index is 1670. The van der Waals surface area contributed by atoms with E-state index >= 15 is 0 Å². The molecule has 12 nitrogen and oxygen atoms in total. The van der Waals surface area contributed by atoms with Crippen LogP contribution in [-0.2, 0) is 19.1 Å². The van der Waals surface area contributed by atoms with Crippen molar-refractivity contribution in [1.82, 2.24) is 25.5 Å². The summed E-state index contributed by atoms with van der Waals surface area (Å²) in [5.74, 6) is -0.576. The van der Waals surface area contributed by atoms with E-state index in [1.807, 2.05) is 0 Å². The molecule has 0 saturated carbocycles. The van der Waals surface area contributed by atoms with Crippen LogP contribution in [0.3, 0.4) is 0 Å². The number of amides is 3. The van der Waals surface area contributed by atoms with Crippen LogP contribution >= 0.6 is 11.6 Å². The molecule has 0 spiro atoms. The van der Waals surface area contributed by atoms with Crippen molar-refractivity contribution in [3.8, 4) is 18.1 Å². The molecule has 1 aromatic heterocycles. The lowest BCUT2D eigenvalue weighted by Gasteiger charge is -2.32. The number of halogens is 3. The Kier molecular flexibility index (Phi) is 11.3. The van der Waals surface area contributed by atoms with E-state index in [0.717, 1.165) is 6.07 Å². The average molecular weight is 658 g/mol. The van der Waals surface area contributed by atoms with Gasteiger partial charge in [-0.2, -0.15) is 0 Å². The van der Waals surface area contributed by atoms with Gasteiger partial charge in [0, 0.05) is 18.0 Å². The van der Waals surface area contributed by atoms with E-state index in [1.165, 1.54) is 30.5 Å². The van der Waals surface area contributed by atoms with Gasteiger partial charge in [0.15, 0.2) is 5.82 Å². The Morgan fingerprint density at radius 3 is 2.65 bits per heavy atom. The Labute approximate surface area is 269 Å². The number of methoxy groups -OCH3 is 1. The second-order valence-corrected chi connectivity index (χ2v) is 10.9. The molecule has 1 aliphatic rings. The molecule has 3 amide bonds. The lowest BCUT2D eigenvalue weighted by atomic mass is 10.1. The molecule has 46 heavy (non-hydrogen) atoms. The van der Waals surface area contributed by atoms with Gasteiger partial charge in [-0.1, -0.05) is 17.5 Å². The molecule has 2 aromatic carbocycles. The van der Waals surface area contributed by atoms with Gasteiger partial charge in [-0.15, -0.1) is 6.42 Å². The largest absolute Gasteiger partial charge is 0.494 e. The van der Waals surface area contributed by atoms with Crippen molar-refractivity contribution in [2.75, 3.05) is 37.9 Å². The Morgan fingerprint density at radius 2 is 1.96 bits per heavy atom. The minimum absolute atomic E-state index is 0.0739. The van der Waals surface area contributed by atoms with Crippen molar-refractivity contribution in [2.45, 2.75) is 50.9 Å². The van der Waals surface area contributed by atoms with Gasteiger partial charge in [-0.05, 0) is 51.9 Å². The second-order valence-electron chi connectivity index (χ2n) is 10.5. The lowest BCUT2D eigenvalue weighted by Crippen LogP contribution is -2.58. The number of anilines is 3. The molecule has 1 aliphatic heterocycles. The summed E-state index contributed by atoms with van der Waals surface area (Å²) in [4.78, 5) is 50.1. The number of nitrogens with zero attached hydrogens (tertiary/aromatic N) is 3. The van der Waals surface area contributed by atoms with Crippen LogP contribution in [0.25, 0.3) is 10.9 Å². The minimum atomic E-state index is -1.11. The van der Waals surface area contributed by atoms with Crippen LogP contribution in [0, 0.1) is 24.0 Å². The third-order valence-corrected chi connectivity index (χ3v) is 7.98. The Morgan fingerprint density at radius 1 is 1.20 bits per heavy atom. The molecule has 15 heteroatoms. The summed E-state index contributed by atoms with van der Waals surface area (Å²) < 4.78 is 39.5. The molecule has 3 aromatic rings. The number of fused-ring (bicyclic) bond motifs is 1. The summed E-state index contributed by atoms with van der Waals surface area (Å²) in [6, 6.07) is 2.71. The zero-order valence-corrected chi connectivity index (χ0v) is 26.4. The molecule has 2 heterocycles. The molecule has 4 atom stereocenters. The van der Waals surface area contributed by atoms with Crippen LogP contribution in [0.15, 0.2) is 30.6 Å². The van der Waals surface area contributed by atoms with Crippen LogP contribution in [0.5, 0.6) is 5.75 Å². The number of hydrogen-bond donors (Lipinski definition) is 4. The van der Waals surface area contributed by atoms with Gasteiger partial charge in [-0.25, -0.2) is 18.7 Å². The number of ether oxygens (including phenoxy) is 2. The van der Waals surface area contributed by atoms with E-state index in [2.05, 4.69) is 37.2 Å². The molecule has 244 valence electrons. The highest BCUT2D eigenvalue weighted by molar-refractivity contribution is 6.31. The van der Waals surface area contributed by atoms with Crippen LogP contribution < -0.4 is 26.0 Å². The number of rotatable bonds is 12. The Hall–Kier alpha value is -4.58. The van der Waals surface area contributed by atoms with Gasteiger partial charge in [-0.3, -0.25) is 14.4 Å². The number of likely N-dealkylation sites (tertiary alicyclic amines) is 1. The maximum absolute atomic E-state index is 14.7. The number of carbonyl (C=O) groups excluding carboxylic acids is 3. The van der Waals surface area contributed by atoms with E-state index in [9.17, 15) is 23.2 Å². The summed E-state index contributed by atoms with van der Waals surface area (Å²) in [7, 11) is 3.03. The van der Waals surface area contributed by atoms with E-state index in [-0.39, 0.29) is 36.1 Å². The van der Waals surface area contributed by atoms with Gasteiger partial charge in [0.1, 0.15) is 47.4 Å². The molecule has 0 radical (unpaired) electrons. The summed E-state index contributed by atoms with van der Waals surface area (Å²) in [5, 5.41) is 10.9. The monoisotopic (exact) mass is 657 g/mol. The maximum Gasteiger partial charge on any atom is 0.248 e. The van der Waals surface area contributed by atoms with Crippen molar-refractivity contribution >= 4 is 57.4 Å². The molecule has 1 saturated heterocycles. The molecule has 4 N–H and O–H groups in total. The van der Waals surface area contributed by atoms with E-state index < -0.39 is 58.6 Å². The standard InChI is InChI=1S/C31H34ClF2N7O5/c1-6-12-46-17(3)27(40-29(42)16(2)35-4)31(44)41-11-7-8-23(41)30(43)39-22-13-18-21(14-24(22)45-5)36-15-37-28(18)38-20-10-9-19(33)25(32)26(20)34/h1,9-10,13-17,23,27,35H,7-8,11-12H2,2-5H3,(H,39,43)(H,40,42)(H,36,37,38)/t16-,17+,23?,27-/m0/s1. The molecule has 1 fully saturated rings. The predicted molar refractivity (Wildman–Crippen MR) is 169 cm³/mol. The third kappa shape index (κ3) is 7.44. The first-order chi connectivity index (χ1) is 22.0. The number of terminal acetylenes is 1. The molecule has 0 bridgehead atoms. The van der Waals surface area contributed by atoms with Gasteiger partial charge in [0.25, 0.3) is 0 Å². The second kappa shape index (κ2) is 15.1. The fourth-order valence-corrected chi connectivity index (χ4v) is 5.13. The molecule has 1 unspecified atom stereocenters. The number of aromatic nitrogens is 2. The third-order valence-electron chi connectivity index (χ3n) is 7.63. The van der Waals surface area contributed by atoms with Gasteiger partial charge < -0.3 is 35.6 Å². The van der Waals surface area contributed by atoms with Crippen LogP contribution in [0.4, 0.5) is 26.0 Å². The molecular formula is C31H34ClF2N7O5. The molecular weight excluding hydrogens is 624 g/mol. The summed E-state index contributed by atoms with van der Waals surface area (Å²) in [5.41, 5.74) is 0.501. The fourth-order valence-electron chi connectivity index (χ4n) is 4.96. The van der Waals surface area contributed by atoms with E-state index in [0.29, 0.717) is 23.7 Å². The maximum atomic E-state index is 14.7. The van der Waals surface area contributed by atoms with Crippen LogP contribution in [0.1, 0.15) is 26.7 Å². The normalized spacial score (nSPS) is 16.3. The fraction of sp³-hybridized carbons (Fsp3) is 0.387. The number of likely N-dealkylation sites (N-methyl/N-ethyl adjacent to an activating group) is 1.